The molecular weight excluding hydrogens is 374 g/mol. The van der Waals surface area contributed by atoms with Gasteiger partial charge in [-0.2, -0.15) is 13.9 Å². The zero-order chi connectivity index (χ0) is 19.2. The van der Waals surface area contributed by atoms with Crippen LogP contribution in [0.4, 0.5) is 13.9 Å². The Labute approximate surface area is 157 Å². The summed E-state index contributed by atoms with van der Waals surface area (Å²) in [6, 6.07) is 13.1. The number of amides is 1. The number of carbonyl (C=O) groups is 1. The summed E-state index contributed by atoms with van der Waals surface area (Å²) in [6.07, 6.45) is 1.41. The maximum absolute atomic E-state index is 12.1. The van der Waals surface area contributed by atoms with Crippen molar-refractivity contribution in [1.29, 1.82) is 0 Å². The molecule has 0 aliphatic carbocycles. The van der Waals surface area contributed by atoms with E-state index in [9.17, 15) is 13.6 Å². The van der Waals surface area contributed by atoms with Crippen molar-refractivity contribution in [2.45, 2.75) is 19.6 Å². The number of hydrogen-bond acceptors (Lipinski definition) is 6. The Morgan fingerprint density at radius 1 is 1.22 bits per heavy atom. The van der Waals surface area contributed by atoms with Gasteiger partial charge in [-0.15, -0.1) is 0 Å². The van der Waals surface area contributed by atoms with Gasteiger partial charge in [-0.1, -0.05) is 23.5 Å². The van der Waals surface area contributed by atoms with E-state index in [0.29, 0.717) is 10.7 Å². The van der Waals surface area contributed by atoms with E-state index in [-0.39, 0.29) is 11.7 Å². The molecule has 1 atom stereocenters. The zero-order valence-corrected chi connectivity index (χ0v) is 15.0. The first-order valence-electron chi connectivity index (χ1n) is 8.01. The molecule has 0 saturated heterocycles. The fourth-order valence-electron chi connectivity index (χ4n) is 2.19. The highest BCUT2D eigenvalue weighted by Crippen LogP contribution is 2.25. The number of hydrogen-bond donors (Lipinski definition) is 2. The van der Waals surface area contributed by atoms with Crippen molar-refractivity contribution in [3.63, 3.8) is 0 Å². The van der Waals surface area contributed by atoms with Gasteiger partial charge in [0.25, 0.3) is 5.91 Å². The highest BCUT2D eigenvalue weighted by Gasteiger charge is 2.14. The number of alkyl halides is 2. The summed E-state index contributed by atoms with van der Waals surface area (Å²) in [7, 11) is 0. The van der Waals surface area contributed by atoms with E-state index in [4.69, 9.17) is 0 Å². The molecule has 0 saturated carbocycles. The normalized spacial score (nSPS) is 12.4. The number of nitrogens with one attached hydrogen (secondary N) is 2. The van der Waals surface area contributed by atoms with E-state index in [1.165, 1.54) is 29.7 Å². The number of fused-ring (bicyclic) bond motifs is 1. The average Bonchev–Trinajstić information content (AvgIpc) is 3.04. The number of benzene rings is 2. The first-order valence-corrected chi connectivity index (χ1v) is 8.83. The molecule has 140 valence electrons. The highest BCUT2D eigenvalue weighted by atomic mass is 32.1. The molecular formula is C18H16F2N4O2S. The second kappa shape index (κ2) is 8.54. The van der Waals surface area contributed by atoms with Crippen LogP contribution in [-0.2, 0) is 4.79 Å². The monoisotopic (exact) mass is 390 g/mol. The number of anilines is 1. The summed E-state index contributed by atoms with van der Waals surface area (Å²) in [5, 5.41) is 7.56. The Morgan fingerprint density at radius 2 is 1.96 bits per heavy atom. The number of hydrazone groups is 1. The molecule has 9 heteroatoms. The number of halogens is 2. The smallest absolute Gasteiger partial charge is 0.387 e. The lowest BCUT2D eigenvalue weighted by Crippen LogP contribution is -2.34. The molecule has 0 fully saturated rings. The Morgan fingerprint density at radius 3 is 2.67 bits per heavy atom. The second-order valence-electron chi connectivity index (χ2n) is 5.53. The van der Waals surface area contributed by atoms with Crippen LogP contribution >= 0.6 is 11.3 Å². The Hall–Kier alpha value is -3.07. The second-order valence-corrected chi connectivity index (χ2v) is 6.57. The van der Waals surface area contributed by atoms with E-state index in [1.807, 2.05) is 24.3 Å². The third-order valence-corrected chi connectivity index (χ3v) is 4.49. The summed E-state index contributed by atoms with van der Waals surface area (Å²) < 4.78 is 29.5. The largest absolute Gasteiger partial charge is 0.435 e. The number of ether oxygens (including phenoxy) is 1. The molecule has 0 bridgehead atoms. The van der Waals surface area contributed by atoms with Crippen molar-refractivity contribution in [2.24, 2.45) is 5.10 Å². The first kappa shape index (κ1) is 18.7. The lowest BCUT2D eigenvalue weighted by Gasteiger charge is -2.10. The molecule has 0 radical (unpaired) electrons. The van der Waals surface area contributed by atoms with Crippen LogP contribution in [0.25, 0.3) is 10.2 Å². The molecule has 1 amide bonds. The van der Waals surface area contributed by atoms with Gasteiger partial charge in [0.05, 0.1) is 16.4 Å². The molecule has 3 rings (SSSR count). The van der Waals surface area contributed by atoms with Gasteiger partial charge >= 0.3 is 6.61 Å². The van der Waals surface area contributed by atoms with Gasteiger partial charge in [0.2, 0.25) is 0 Å². The number of para-hydroxylation sites is 1. The first-order chi connectivity index (χ1) is 13.0. The van der Waals surface area contributed by atoms with E-state index >= 15 is 0 Å². The number of carbonyl (C=O) groups excluding carboxylic acids is 1. The summed E-state index contributed by atoms with van der Waals surface area (Å²) >= 11 is 1.46. The van der Waals surface area contributed by atoms with Crippen LogP contribution in [0, 0.1) is 0 Å². The van der Waals surface area contributed by atoms with E-state index in [1.54, 1.807) is 19.1 Å². The summed E-state index contributed by atoms with van der Waals surface area (Å²) in [4.78, 5) is 16.5. The van der Waals surface area contributed by atoms with Gasteiger partial charge in [0.1, 0.15) is 11.8 Å². The Bertz CT molecular complexity index is 911. The quantitative estimate of drug-likeness (QED) is 0.475. The highest BCUT2D eigenvalue weighted by molar-refractivity contribution is 7.22. The van der Waals surface area contributed by atoms with Gasteiger partial charge in [-0.25, -0.2) is 10.4 Å². The number of nitrogens with zero attached hydrogens (tertiary/aromatic N) is 2. The third kappa shape index (κ3) is 5.20. The van der Waals surface area contributed by atoms with E-state index in [2.05, 4.69) is 25.6 Å². The molecule has 6 nitrogen and oxygen atoms in total. The molecule has 2 N–H and O–H groups in total. The van der Waals surface area contributed by atoms with Gasteiger partial charge in [0.15, 0.2) is 5.13 Å². The molecule has 3 aromatic rings. The molecule has 27 heavy (non-hydrogen) atoms. The van der Waals surface area contributed by atoms with Crippen LogP contribution in [0.3, 0.4) is 0 Å². The van der Waals surface area contributed by atoms with Crippen LogP contribution in [0.1, 0.15) is 12.5 Å². The van der Waals surface area contributed by atoms with E-state index in [0.717, 1.165) is 10.2 Å². The van der Waals surface area contributed by atoms with Gasteiger partial charge in [0, 0.05) is 0 Å². The minimum Gasteiger partial charge on any atom is -0.435 e. The summed E-state index contributed by atoms with van der Waals surface area (Å²) in [6.45, 7) is -1.17. The van der Waals surface area contributed by atoms with Crippen molar-refractivity contribution in [1.82, 2.24) is 10.4 Å². The van der Waals surface area contributed by atoms with Crippen molar-refractivity contribution in [3.05, 3.63) is 54.1 Å². The minimum absolute atomic E-state index is 0.0554. The number of rotatable bonds is 7. The predicted octanol–water partition coefficient (Wildman–Crippen LogP) is 3.85. The lowest BCUT2D eigenvalue weighted by molar-refractivity contribution is -0.121. The molecule has 0 unspecified atom stereocenters. The van der Waals surface area contributed by atoms with Crippen molar-refractivity contribution in [2.75, 3.05) is 5.32 Å². The van der Waals surface area contributed by atoms with Crippen LogP contribution < -0.4 is 15.5 Å². The van der Waals surface area contributed by atoms with Crippen LogP contribution in [0.5, 0.6) is 5.75 Å². The number of aromatic nitrogens is 1. The molecule has 1 heterocycles. The molecule has 1 aromatic heterocycles. The summed E-state index contributed by atoms with van der Waals surface area (Å²) in [5.41, 5.74) is 3.92. The Kier molecular flexibility index (Phi) is 5.92. The summed E-state index contributed by atoms with van der Waals surface area (Å²) in [5.74, 6) is -0.275. The standard InChI is InChI=1S/C18H16F2N4O2S/c1-11(22-18-23-14-4-2-3-5-15(14)27-18)16(25)24-21-10-12-6-8-13(9-7-12)26-17(19)20/h2-11,17H,1H3,(H,22,23)(H,24,25)/b21-10-/t11-/m1/s1. The lowest BCUT2D eigenvalue weighted by atomic mass is 10.2. The topological polar surface area (TPSA) is 75.6 Å². The molecule has 0 spiro atoms. The molecule has 0 aliphatic heterocycles. The maximum Gasteiger partial charge on any atom is 0.387 e. The van der Waals surface area contributed by atoms with Crippen LogP contribution in [0.15, 0.2) is 53.6 Å². The number of thiazole rings is 1. The fourth-order valence-corrected chi connectivity index (χ4v) is 3.14. The van der Waals surface area contributed by atoms with Crippen LogP contribution in [-0.4, -0.2) is 29.8 Å². The third-order valence-electron chi connectivity index (χ3n) is 3.52. The molecule has 0 aliphatic rings. The zero-order valence-electron chi connectivity index (χ0n) is 14.2. The van der Waals surface area contributed by atoms with Crippen molar-refractivity contribution in [3.8, 4) is 5.75 Å². The van der Waals surface area contributed by atoms with Gasteiger partial charge in [-0.3, -0.25) is 4.79 Å². The van der Waals surface area contributed by atoms with Crippen LogP contribution in [0.2, 0.25) is 0 Å². The predicted molar refractivity (Wildman–Crippen MR) is 102 cm³/mol. The minimum atomic E-state index is -2.87. The Balaban J connectivity index is 1.52. The fraction of sp³-hybridized carbons (Fsp3) is 0.167. The SMILES string of the molecule is C[C@@H](Nc1nc2ccccc2s1)C(=O)N/N=C\c1ccc(OC(F)F)cc1. The van der Waals surface area contributed by atoms with Gasteiger partial charge < -0.3 is 10.1 Å². The van der Waals surface area contributed by atoms with E-state index < -0.39 is 12.7 Å². The maximum atomic E-state index is 12.1. The molecule has 2 aromatic carbocycles. The average molecular weight is 390 g/mol. The van der Waals surface area contributed by atoms with Crippen molar-refractivity contribution < 1.29 is 18.3 Å². The van der Waals surface area contributed by atoms with Crippen molar-refractivity contribution >= 4 is 38.8 Å². The van der Waals surface area contributed by atoms with Gasteiger partial charge in [-0.05, 0) is 48.9 Å².